The molecule has 0 radical (unpaired) electrons. The zero-order valence-electron chi connectivity index (χ0n) is 12.6. The lowest BCUT2D eigenvalue weighted by atomic mass is 10.1. The summed E-state index contributed by atoms with van der Waals surface area (Å²) in [5.41, 5.74) is 3.22. The summed E-state index contributed by atoms with van der Waals surface area (Å²) in [6.45, 7) is 1.96. The quantitative estimate of drug-likeness (QED) is 0.718. The van der Waals surface area contributed by atoms with E-state index in [-0.39, 0.29) is 11.9 Å². The number of H-pyrrole nitrogens is 1. The summed E-state index contributed by atoms with van der Waals surface area (Å²) in [4.78, 5) is 12.6. The van der Waals surface area contributed by atoms with E-state index < -0.39 is 0 Å². The predicted octanol–water partition coefficient (Wildman–Crippen LogP) is 4.33. The molecule has 0 saturated heterocycles. The maximum absolute atomic E-state index is 12.6. The van der Waals surface area contributed by atoms with Crippen molar-refractivity contribution < 1.29 is 4.79 Å². The molecule has 3 rings (SSSR count). The van der Waals surface area contributed by atoms with E-state index in [0.717, 1.165) is 15.6 Å². The number of nitrogens with one attached hydrogen (secondary N) is 2. The summed E-state index contributed by atoms with van der Waals surface area (Å²) in [6, 6.07) is 17.6. The summed E-state index contributed by atoms with van der Waals surface area (Å²) < 4.78 is 0.952. The average Bonchev–Trinajstić information content (AvgIpc) is 3.05. The number of hydrogen-bond acceptors (Lipinski definition) is 2. The van der Waals surface area contributed by atoms with Gasteiger partial charge in [-0.2, -0.15) is 5.10 Å². The Balaban J connectivity index is 1.83. The van der Waals surface area contributed by atoms with Crippen LogP contribution in [0.5, 0.6) is 0 Å². The second-order valence-corrected chi connectivity index (χ2v) is 6.19. The van der Waals surface area contributed by atoms with E-state index in [9.17, 15) is 4.79 Å². The highest BCUT2D eigenvalue weighted by Gasteiger charge is 2.17. The standard InChI is InChI=1S/C18H16BrN3O/c1-12(13-6-3-2-4-7-13)21-18(23)16-11-20-22-17(16)14-8-5-9-15(19)10-14/h2-12H,1H3,(H,20,22)(H,21,23). The van der Waals surface area contributed by atoms with Crippen molar-refractivity contribution in [3.8, 4) is 11.3 Å². The lowest BCUT2D eigenvalue weighted by molar-refractivity contribution is 0.0940. The van der Waals surface area contributed by atoms with Gasteiger partial charge >= 0.3 is 0 Å². The normalized spacial score (nSPS) is 11.9. The third-order valence-electron chi connectivity index (χ3n) is 3.64. The van der Waals surface area contributed by atoms with Crippen LogP contribution in [0.3, 0.4) is 0 Å². The van der Waals surface area contributed by atoms with E-state index in [0.29, 0.717) is 11.3 Å². The van der Waals surface area contributed by atoms with Gasteiger partial charge in [-0.25, -0.2) is 0 Å². The number of carbonyl (C=O) groups excluding carboxylic acids is 1. The molecular formula is C18H16BrN3O. The molecule has 1 amide bonds. The lowest BCUT2D eigenvalue weighted by Gasteiger charge is -2.14. The minimum absolute atomic E-state index is 0.0750. The van der Waals surface area contributed by atoms with Crippen LogP contribution in [0.25, 0.3) is 11.3 Å². The summed E-state index contributed by atoms with van der Waals surface area (Å²) in [7, 11) is 0. The van der Waals surface area contributed by atoms with E-state index >= 15 is 0 Å². The van der Waals surface area contributed by atoms with E-state index in [4.69, 9.17) is 0 Å². The zero-order chi connectivity index (χ0) is 16.2. The molecule has 0 spiro atoms. The minimum Gasteiger partial charge on any atom is -0.345 e. The number of amides is 1. The maximum Gasteiger partial charge on any atom is 0.255 e. The van der Waals surface area contributed by atoms with E-state index in [1.54, 1.807) is 6.20 Å². The van der Waals surface area contributed by atoms with Gasteiger partial charge in [0, 0.05) is 10.0 Å². The minimum atomic E-state index is -0.148. The summed E-state index contributed by atoms with van der Waals surface area (Å²) in [6.07, 6.45) is 1.56. The molecule has 1 heterocycles. The van der Waals surface area contributed by atoms with Gasteiger partial charge in [0.25, 0.3) is 5.91 Å². The van der Waals surface area contributed by atoms with Gasteiger partial charge in [-0.05, 0) is 24.6 Å². The molecule has 2 aromatic carbocycles. The Bertz CT molecular complexity index is 814. The molecular weight excluding hydrogens is 354 g/mol. The first-order valence-electron chi connectivity index (χ1n) is 7.30. The van der Waals surface area contributed by atoms with Crippen LogP contribution in [0, 0.1) is 0 Å². The van der Waals surface area contributed by atoms with Crippen LogP contribution in [0.4, 0.5) is 0 Å². The Morgan fingerprint density at radius 1 is 1.17 bits per heavy atom. The predicted molar refractivity (Wildman–Crippen MR) is 94.0 cm³/mol. The van der Waals surface area contributed by atoms with Gasteiger partial charge in [-0.15, -0.1) is 0 Å². The Hall–Kier alpha value is -2.40. The van der Waals surface area contributed by atoms with Crippen LogP contribution in [-0.4, -0.2) is 16.1 Å². The van der Waals surface area contributed by atoms with Crippen LogP contribution in [0.1, 0.15) is 28.9 Å². The van der Waals surface area contributed by atoms with Crippen LogP contribution in [0.15, 0.2) is 65.3 Å². The SMILES string of the molecule is CC(NC(=O)c1cn[nH]c1-c1cccc(Br)c1)c1ccccc1. The number of benzene rings is 2. The van der Waals surface area contributed by atoms with Gasteiger partial charge in [0.1, 0.15) is 0 Å². The number of halogens is 1. The van der Waals surface area contributed by atoms with Crippen LogP contribution < -0.4 is 5.32 Å². The highest BCUT2D eigenvalue weighted by Crippen LogP contribution is 2.24. The Morgan fingerprint density at radius 3 is 2.70 bits per heavy atom. The van der Waals surface area contributed by atoms with E-state index in [1.807, 2.05) is 61.5 Å². The molecule has 0 aliphatic carbocycles. The first-order chi connectivity index (χ1) is 11.1. The zero-order valence-corrected chi connectivity index (χ0v) is 14.2. The molecule has 1 unspecified atom stereocenters. The van der Waals surface area contributed by atoms with E-state index in [1.165, 1.54) is 0 Å². The van der Waals surface area contributed by atoms with Gasteiger partial charge < -0.3 is 5.32 Å². The van der Waals surface area contributed by atoms with Gasteiger partial charge in [-0.1, -0.05) is 58.4 Å². The molecule has 0 aliphatic rings. The van der Waals surface area contributed by atoms with Crippen molar-refractivity contribution in [2.45, 2.75) is 13.0 Å². The highest BCUT2D eigenvalue weighted by molar-refractivity contribution is 9.10. The molecule has 4 nitrogen and oxygen atoms in total. The van der Waals surface area contributed by atoms with Crippen molar-refractivity contribution in [2.24, 2.45) is 0 Å². The van der Waals surface area contributed by atoms with Gasteiger partial charge in [0.05, 0.1) is 23.5 Å². The lowest BCUT2D eigenvalue weighted by Crippen LogP contribution is -2.26. The Morgan fingerprint density at radius 2 is 1.96 bits per heavy atom. The molecule has 23 heavy (non-hydrogen) atoms. The van der Waals surface area contributed by atoms with Crippen molar-refractivity contribution in [1.82, 2.24) is 15.5 Å². The molecule has 0 aliphatic heterocycles. The third kappa shape index (κ3) is 3.51. The second-order valence-electron chi connectivity index (χ2n) is 5.27. The van der Waals surface area contributed by atoms with Crippen LogP contribution in [0.2, 0.25) is 0 Å². The van der Waals surface area contributed by atoms with Gasteiger partial charge in [0.15, 0.2) is 0 Å². The van der Waals surface area contributed by atoms with E-state index in [2.05, 4.69) is 31.4 Å². The first kappa shape index (κ1) is 15.5. The fourth-order valence-electron chi connectivity index (χ4n) is 2.42. The first-order valence-corrected chi connectivity index (χ1v) is 8.09. The fraction of sp³-hybridized carbons (Fsp3) is 0.111. The smallest absolute Gasteiger partial charge is 0.255 e. The van der Waals surface area contributed by atoms with Crippen molar-refractivity contribution >= 4 is 21.8 Å². The van der Waals surface area contributed by atoms with Crippen molar-refractivity contribution in [3.63, 3.8) is 0 Å². The third-order valence-corrected chi connectivity index (χ3v) is 4.14. The fourth-order valence-corrected chi connectivity index (χ4v) is 2.82. The Kier molecular flexibility index (Phi) is 4.57. The molecule has 116 valence electrons. The number of aromatic nitrogens is 2. The summed E-state index contributed by atoms with van der Waals surface area (Å²) in [5.74, 6) is -0.148. The number of rotatable bonds is 4. The molecule has 2 N–H and O–H groups in total. The van der Waals surface area contributed by atoms with Gasteiger partial charge in [0.2, 0.25) is 0 Å². The maximum atomic E-state index is 12.6. The monoisotopic (exact) mass is 369 g/mol. The number of nitrogens with zero attached hydrogens (tertiary/aromatic N) is 1. The largest absolute Gasteiger partial charge is 0.345 e. The topological polar surface area (TPSA) is 57.8 Å². The molecule has 5 heteroatoms. The number of hydrogen-bond donors (Lipinski definition) is 2. The van der Waals surface area contributed by atoms with Crippen molar-refractivity contribution in [1.29, 1.82) is 0 Å². The van der Waals surface area contributed by atoms with Crippen molar-refractivity contribution in [3.05, 3.63) is 76.4 Å². The van der Waals surface area contributed by atoms with Gasteiger partial charge in [-0.3, -0.25) is 9.89 Å². The Labute approximate surface area is 143 Å². The number of aromatic amines is 1. The second kappa shape index (κ2) is 6.79. The highest BCUT2D eigenvalue weighted by atomic mass is 79.9. The van der Waals surface area contributed by atoms with Crippen molar-refractivity contribution in [2.75, 3.05) is 0 Å². The molecule has 1 aromatic heterocycles. The summed E-state index contributed by atoms with van der Waals surface area (Å²) >= 11 is 3.45. The number of carbonyl (C=O) groups is 1. The van der Waals surface area contributed by atoms with Crippen LogP contribution in [-0.2, 0) is 0 Å². The molecule has 0 fully saturated rings. The van der Waals surface area contributed by atoms with Crippen LogP contribution >= 0.6 is 15.9 Å². The summed E-state index contributed by atoms with van der Waals surface area (Å²) in [5, 5.41) is 9.95. The molecule has 1 atom stereocenters. The molecule has 0 bridgehead atoms. The average molecular weight is 370 g/mol. The molecule has 3 aromatic rings. The molecule has 0 saturated carbocycles.